The van der Waals surface area contributed by atoms with Crippen molar-refractivity contribution < 1.29 is 14.0 Å². The number of aryl methyl sites for hydroxylation is 2. The fourth-order valence-electron chi connectivity index (χ4n) is 3.46. The first-order chi connectivity index (χ1) is 14.0. The molecule has 1 aliphatic rings. The van der Waals surface area contributed by atoms with E-state index in [4.69, 9.17) is 4.42 Å². The normalized spacial score (nSPS) is 13.3. The standard InChI is InChI=1S/C23H22N2O3S/c1-15-5-3-6-16(2)19(15)13-25-20-11-17(8-9-21(20)29-14-22(25)26)23(27)24-12-18-7-4-10-28-18/h3-11H,12-14H2,1-2H3,(H,24,27). The van der Waals surface area contributed by atoms with Gasteiger partial charge in [0.05, 0.1) is 30.8 Å². The van der Waals surface area contributed by atoms with Crippen LogP contribution in [0.15, 0.2) is 64.1 Å². The summed E-state index contributed by atoms with van der Waals surface area (Å²) in [4.78, 5) is 28.2. The predicted molar refractivity (Wildman–Crippen MR) is 114 cm³/mol. The van der Waals surface area contributed by atoms with Crippen molar-refractivity contribution in [3.63, 3.8) is 0 Å². The molecule has 1 N–H and O–H groups in total. The van der Waals surface area contributed by atoms with Crippen LogP contribution in [0, 0.1) is 13.8 Å². The van der Waals surface area contributed by atoms with Crippen LogP contribution in [0.3, 0.4) is 0 Å². The summed E-state index contributed by atoms with van der Waals surface area (Å²) in [5, 5.41) is 2.86. The molecule has 0 spiro atoms. The van der Waals surface area contributed by atoms with E-state index in [0.717, 1.165) is 27.3 Å². The van der Waals surface area contributed by atoms with Gasteiger partial charge in [-0.2, -0.15) is 0 Å². The number of nitrogens with zero attached hydrogens (tertiary/aromatic N) is 1. The highest BCUT2D eigenvalue weighted by Gasteiger charge is 2.26. The summed E-state index contributed by atoms with van der Waals surface area (Å²) in [6, 6.07) is 15.3. The van der Waals surface area contributed by atoms with Gasteiger partial charge in [-0.1, -0.05) is 18.2 Å². The first-order valence-corrected chi connectivity index (χ1v) is 10.4. The lowest BCUT2D eigenvalue weighted by Gasteiger charge is -2.30. The lowest BCUT2D eigenvalue weighted by molar-refractivity contribution is -0.116. The van der Waals surface area contributed by atoms with Gasteiger partial charge < -0.3 is 14.6 Å². The number of carbonyl (C=O) groups is 2. The number of nitrogens with one attached hydrogen (secondary N) is 1. The molecule has 29 heavy (non-hydrogen) atoms. The number of anilines is 1. The third-order valence-corrected chi connectivity index (χ3v) is 6.18. The Balaban J connectivity index is 1.60. The van der Waals surface area contributed by atoms with Crippen molar-refractivity contribution >= 4 is 29.3 Å². The number of amides is 2. The van der Waals surface area contributed by atoms with E-state index in [-0.39, 0.29) is 11.8 Å². The van der Waals surface area contributed by atoms with Gasteiger partial charge in [0.1, 0.15) is 5.76 Å². The Morgan fingerprint density at radius 3 is 2.66 bits per heavy atom. The van der Waals surface area contributed by atoms with Gasteiger partial charge in [0.15, 0.2) is 0 Å². The molecule has 0 saturated heterocycles. The van der Waals surface area contributed by atoms with Crippen LogP contribution in [0.25, 0.3) is 0 Å². The van der Waals surface area contributed by atoms with Gasteiger partial charge in [0.2, 0.25) is 5.91 Å². The average molecular weight is 407 g/mol. The quantitative estimate of drug-likeness (QED) is 0.679. The van der Waals surface area contributed by atoms with Gasteiger partial charge in [0.25, 0.3) is 5.91 Å². The molecule has 0 saturated carbocycles. The summed E-state index contributed by atoms with van der Waals surface area (Å²) in [6.45, 7) is 4.95. The van der Waals surface area contributed by atoms with Crippen molar-refractivity contribution in [2.75, 3.05) is 10.7 Å². The summed E-state index contributed by atoms with van der Waals surface area (Å²) in [5.41, 5.74) is 4.78. The van der Waals surface area contributed by atoms with Crippen LogP contribution in [0.1, 0.15) is 32.8 Å². The van der Waals surface area contributed by atoms with Gasteiger partial charge in [-0.25, -0.2) is 0 Å². The van der Waals surface area contributed by atoms with E-state index in [9.17, 15) is 9.59 Å². The fraction of sp³-hybridized carbons (Fsp3) is 0.217. The van der Waals surface area contributed by atoms with E-state index in [0.29, 0.717) is 30.2 Å². The van der Waals surface area contributed by atoms with Crippen molar-refractivity contribution in [2.24, 2.45) is 0 Å². The molecule has 2 heterocycles. The zero-order valence-corrected chi connectivity index (χ0v) is 17.2. The highest BCUT2D eigenvalue weighted by molar-refractivity contribution is 8.00. The summed E-state index contributed by atoms with van der Waals surface area (Å²) >= 11 is 1.51. The molecule has 0 atom stereocenters. The molecule has 0 bridgehead atoms. The van der Waals surface area contributed by atoms with Crippen molar-refractivity contribution in [1.82, 2.24) is 5.32 Å². The average Bonchev–Trinajstić information content (AvgIpc) is 3.23. The van der Waals surface area contributed by atoms with Crippen molar-refractivity contribution in [1.29, 1.82) is 0 Å². The number of benzene rings is 2. The smallest absolute Gasteiger partial charge is 0.251 e. The number of hydrogen-bond acceptors (Lipinski definition) is 4. The van der Waals surface area contributed by atoms with Crippen molar-refractivity contribution in [3.8, 4) is 0 Å². The molecule has 3 aromatic rings. The monoisotopic (exact) mass is 406 g/mol. The topological polar surface area (TPSA) is 62.6 Å². The molecule has 148 valence electrons. The molecule has 5 nitrogen and oxygen atoms in total. The van der Waals surface area contributed by atoms with Gasteiger partial charge in [-0.15, -0.1) is 11.8 Å². The minimum atomic E-state index is -0.195. The molecule has 0 aliphatic carbocycles. The van der Waals surface area contributed by atoms with Gasteiger partial charge >= 0.3 is 0 Å². The van der Waals surface area contributed by atoms with Crippen LogP contribution in [0.5, 0.6) is 0 Å². The fourth-order valence-corrected chi connectivity index (χ4v) is 4.37. The first-order valence-electron chi connectivity index (χ1n) is 9.46. The maximum absolute atomic E-state index is 12.7. The number of fused-ring (bicyclic) bond motifs is 1. The Hall–Kier alpha value is -2.99. The van der Waals surface area contributed by atoms with Gasteiger partial charge in [-0.05, 0) is 60.9 Å². The second kappa shape index (κ2) is 8.17. The van der Waals surface area contributed by atoms with E-state index in [1.165, 1.54) is 11.8 Å². The number of thioether (sulfide) groups is 1. The number of hydrogen-bond donors (Lipinski definition) is 1. The second-order valence-corrected chi connectivity index (χ2v) is 8.10. The first kappa shape index (κ1) is 19.3. The maximum atomic E-state index is 12.7. The lowest BCUT2D eigenvalue weighted by atomic mass is 10.0. The van der Waals surface area contributed by atoms with Gasteiger partial charge in [0, 0.05) is 10.5 Å². The molecule has 4 rings (SSSR count). The summed E-state index contributed by atoms with van der Waals surface area (Å²) in [6.07, 6.45) is 1.58. The van der Waals surface area contributed by atoms with Crippen LogP contribution in [0.4, 0.5) is 5.69 Å². The Morgan fingerprint density at radius 1 is 1.14 bits per heavy atom. The SMILES string of the molecule is Cc1cccc(C)c1CN1C(=O)CSc2ccc(C(=O)NCc3ccco3)cc21. The number of furan rings is 1. The molecule has 2 aromatic carbocycles. The van der Waals surface area contributed by atoms with E-state index >= 15 is 0 Å². The molecule has 0 fully saturated rings. The van der Waals surface area contributed by atoms with E-state index in [1.54, 1.807) is 23.3 Å². The van der Waals surface area contributed by atoms with E-state index in [2.05, 4.69) is 31.3 Å². The largest absolute Gasteiger partial charge is 0.467 e. The molecule has 0 unspecified atom stereocenters. The Bertz CT molecular complexity index is 1040. The number of carbonyl (C=O) groups excluding carboxylic acids is 2. The minimum Gasteiger partial charge on any atom is -0.467 e. The molecule has 2 amide bonds. The van der Waals surface area contributed by atoms with E-state index in [1.807, 2.05) is 24.3 Å². The van der Waals surface area contributed by atoms with Crippen LogP contribution in [0.2, 0.25) is 0 Å². The Morgan fingerprint density at radius 2 is 1.93 bits per heavy atom. The molecule has 0 radical (unpaired) electrons. The predicted octanol–water partition coefficient (Wildman–Crippen LogP) is 4.47. The zero-order valence-electron chi connectivity index (χ0n) is 16.4. The van der Waals surface area contributed by atoms with Crippen molar-refractivity contribution in [2.45, 2.75) is 31.8 Å². The van der Waals surface area contributed by atoms with Crippen molar-refractivity contribution in [3.05, 3.63) is 82.8 Å². The maximum Gasteiger partial charge on any atom is 0.251 e. The summed E-state index contributed by atoms with van der Waals surface area (Å²) in [5.74, 6) is 0.957. The number of rotatable bonds is 5. The second-order valence-electron chi connectivity index (χ2n) is 7.08. The van der Waals surface area contributed by atoms with Crippen LogP contribution < -0.4 is 10.2 Å². The molecular formula is C23H22N2O3S. The molecule has 1 aromatic heterocycles. The Kier molecular flexibility index (Phi) is 5.45. The third-order valence-electron chi connectivity index (χ3n) is 5.13. The van der Waals surface area contributed by atoms with Gasteiger partial charge in [-0.3, -0.25) is 9.59 Å². The van der Waals surface area contributed by atoms with Crippen LogP contribution in [-0.2, 0) is 17.9 Å². The summed E-state index contributed by atoms with van der Waals surface area (Å²) < 4.78 is 5.26. The highest BCUT2D eigenvalue weighted by Crippen LogP contribution is 2.37. The van der Waals surface area contributed by atoms with Crippen LogP contribution in [-0.4, -0.2) is 17.6 Å². The Labute approximate surface area is 174 Å². The van der Waals surface area contributed by atoms with E-state index < -0.39 is 0 Å². The molecule has 6 heteroatoms. The summed E-state index contributed by atoms with van der Waals surface area (Å²) in [7, 11) is 0. The minimum absolute atomic E-state index is 0.0540. The third kappa shape index (κ3) is 4.07. The zero-order chi connectivity index (χ0) is 20.4. The highest BCUT2D eigenvalue weighted by atomic mass is 32.2. The molecule has 1 aliphatic heterocycles. The van der Waals surface area contributed by atoms with Crippen LogP contribution >= 0.6 is 11.8 Å². The lowest BCUT2D eigenvalue weighted by Crippen LogP contribution is -2.35. The molecular weight excluding hydrogens is 384 g/mol.